The molecule has 0 spiro atoms. The number of fused-ring (bicyclic) bond motifs is 1. The third-order valence-corrected chi connectivity index (χ3v) is 3.64. The maximum absolute atomic E-state index is 13.5. The molecular formula is C17H18FNO2. The van der Waals surface area contributed by atoms with Gasteiger partial charge < -0.3 is 14.8 Å². The van der Waals surface area contributed by atoms with Crippen LogP contribution in [0.5, 0.6) is 11.5 Å². The van der Waals surface area contributed by atoms with Crippen LogP contribution in [0.15, 0.2) is 36.4 Å². The minimum Gasteiger partial charge on any atom is -0.497 e. The van der Waals surface area contributed by atoms with Crippen molar-refractivity contribution in [1.29, 1.82) is 0 Å². The molecule has 0 radical (unpaired) electrons. The largest absolute Gasteiger partial charge is 0.497 e. The van der Waals surface area contributed by atoms with Crippen LogP contribution in [-0.2, 0) is 0 Å². The van der Waals surface area contributed by atoms with Gasteiger partial charge in [-0.05, 0) is 48.9 Å². The zero-order chi connectivity index (χ0) is 14.8. The molecule has 2 aromatic carbocycles. The molecule has 0 bridgehead atoms. The molecule has 0 aliphatic carbocycles. The molecule has 21 heavy (non-hydrogen) atoms. The van der Waals surface area contributed by atoms with Crippen molar-refractivity contribution in [3.63, 3.8) is 0 Å². The maximum atomic E-state index is 13.5. The molecule has 1 atom stereocenters. The van der Waals surface area contributed by atoms with Gasteiger partial charge in [0.2, 0.25) is 0 Å². The first-order valence-electron chi connectivity index (χ1n) is 7.00. The van der Waals surface area contributed by atoms with Crippen LogP contribution < -0.4 is 14.8 Å². The van der Waals surface area contributed by atoms with Gasteiger partial charge in [0.25, 0.3) is 0 Å². The van der Waals surface area contributed by atoms with E-state index in [1.54, 1.807) is 7.11 Å². The first-order chi connectivity index (χ1) is 10.2. The quantitative estimate of drug-likeness (QED) is 0.922. The highest BCUT2D eigenvalue weighted by Crippen LogP contribution is 2.36. The van der Waals surface area contributed by atoms with Crippen LogP contribution in [0.3, 0.4) is 0 Å². The predicted octanol–water partition coefficient (Wildman–Crippen LogP) is 4.08. The van der Waals surface area contributed by atoms with Crippen molar-refractivity contribution in [3.8, 4) is 11.5 Å². The number of nitrogens with one attached hydrogen (secondary N) is 1. The lowest BCUT2D eigenvalue weighted by Gasteiger charge is -2.28. The highest BCUT2D eigenvalue weighted by atomic mass is 19.1. The van der Waals surface area contributed by atoms with Crippen LogP contribution in [0.2, 0.25) is 0 Å². The normalized spacial score (nSPS) is 16.8. The molecule has 110 valence electrons. The fourth-order valence-electron chi connectivity index (χ4n) is 2.67. The third kappa shape index (κ3) is 2.94. The van der Waals surface area contributed by atoms with Crippen molar-refractivity contribution in [2.45, 2.75) is 19.4 Å². The van der Waals surface area contributed by atoms with Crippen LogP contribution in [0.1, 0.15) is 23.6 Å². The molecular weight excluding hydrogens is 269 g/mol. The van der Waals surface area contributed by atoms with Gasteiger partial charge in [0, 0.05) is 17.7 Å². The molecule has 4 heteroatoms. The molecule has 3 nitrogen and oxygen atoms in total. The second kappa shape index (κ2) is 5.64. The number of methoxy groups -OCH3 is 1. The second-order valence-electron chi connectivity index (χ2n) is 5.26. The van der Waals surface area contributed by atoms with Crippen LogP contribution in [0.25, 0.3) is 0 Å². The highest BCUT2D eigenvalue weighted by molar-refractivity contribution is 5.51. The first kappa shape index (κ1) is 13.7. The summed E-state index contributed by atoms with van der Waals surface area (Å²) < 4.78 is 24.5. The lowest BCUT2D eigenvalue weighted by atomic mass is 9.99. The van der Waals surface area contributed by atoms with Gasteiger partial charge in [-0.25, -0.2) is 4.39 Å². The number of hydrogen-bond donors (Lipinski definition) is 1. The number of ether oxygens (including phenoxy) is 2. The number of anilines is 1. The Hall–Kier alpha value is -2.23. The minimum atomic E-state index is -0.226. The van der Waals surface area contributed by atoms with E-state index in [4.69, 9.17) is 9.47 Å². The van der Waals surface area contributed by atoms with Crippen molar-refractivity contribution < 1.29 is 13.9 Å². The Bertz CT molecular complexity index is 637. The molecule has 1 unspecified atom stereocenters. The molecule has 0 saturated carbocycles. The number of benzene rings is 2. The van der Waals surface area contributed by atoms with Crippen molar-refractivity contribution in [2.24, 2.45) is 0 Å². The van der Waals surface area contributed by atoms with E-state index in [-0.39, 0.29) is 11.9 Å². The van der Waals surface area contributed by atoms with Crippen LogP contribution >= 0.6 is 0 Å². The molecule has 1 heterocycles. The molecule has 3 rings (SSSR count). The van der Waals surface area contributed by atoms with Gasteiger partial charge in [0.15, 0.2) is 0 Å². The molecule has 0 aromatic heterocycles. The van der Waals surface area contributed by atoms with E-state index >= 15 is 0 Å². The number of hydrogen-bond acceptors (Lipinski definition) is 3. The monoisotopic (exact) mass is 287 g/mol. The number of rotatable bonds is 3. The Morgan fingerprint density at radius 2 is 2.10 bits per heavy atom. The van der Waals surface area contributed by atoms with Crippen molar-refractivity contribution in [3.05, 3.63) is 53.3 Å². The highest BCUT2D eigenvalue weighted by Gasteiger charge is 2.22. The van der Waals surface area contributed by atoms with Crippen molar-refractivity contribution in [1.82, 2.24) is 0 Å². The van der Waals surface area contributed by atoms with Gasteiger partial charge >= 0.3 is 0 Å². The summed E-state index contributed by atoms with van der Waals surface area (Å²) in [5.41, 5.74) is 2.73. The molecule has 2 aromatic rings. The molecule has 1 N–H and O–H groups in total. The predicted molar refractivity (Wildman–Crippen MR) is 80.6 cm³/mol. The second-order valence-corrected chi connectivity index (χ2v) is 5.26. The summed E-state index contributed by atoms with van der Waals surface area (Å²) in [5.74, 6) is 1.42. The van der Waals surface area contributed by atoms with Gasteiger partial charge in [0.1, 0.15) is 17.3 Å². The van der Waals surface area contributed by atoms with Gasteiger partial charge in [-0.3, -0.25) is 0 Å². The van der Waals surface area contributed by atoms with Crippen molar-refractivity contribution in [2.75, 3.05) is 19.0 Å². The molecule has 1 aliphatic heterocycles. The van der Waals surface area contributed by atoms with Gasteiger partial charge in [0.05, 0.1) is 19.8 Å². The summed E-state index contributed by atoms with van der Waals surface area (Å²) in [6, 6.07) is 10.8. The van der Waals surface area contributed by atoms with E-state index < -0.39 is 0 Å². The smallest absolute Gasteiger partial charge is 0.125 e. The van der Waals surface area contributed by atoms with Crippen LogP contribution in [-0.4, -0.2) is 13.7 Å². The van der Waals surface area contributed by atoms with Crippen LogP contribution in [0.4, 0.5) is 10.1 Å². The molecule has 0 saturated heterocycles. The standard InChI is InChI=1S/C17H18FNO2/c1-11-7-12(18)9-13(8-11)19-16-5-6-21-17-4-3-14(20-2)10-15(16)17/h3-4,7-10,16,19H,5-6H2,1-2H3. The van der Waals surface area contributed by atoms with Crippen LogP contribution in [0, 0.1) is 12.7 Å². The van der Waals surface area contributed by atoms with E-state index in [1.807, 2.05) is 31.2 Å². The first-order valence-corrected chi connectivity index (χ1v) is 7.00. The van der Waals surface area contributed by atoms with E-state index in [0.717, 1.165) is 34.7 Å². The Kier molecular flexibility index (Phi) is 3.69. The summed E-state index contributed by atoms with van der Waals surface area (Å²) in [7, 11) is 1.64. The summed E-state index contributed by atoms with van der Waals surface area (Å²) in [6.45, 7) is 2.53. The summed E-state index contributed by atoms with van der Waals surface area (Å²) in [6.07, 6.45) is 0.829. The fourth-order valence-corrected chi connectivity index (χ4v) is 2.67. The molecule has 0 amide bonds. The average molecular weight is 287 g/mol. The van der Waals surface area contributed by atoms with E-state index in [0.29, 0.717) is 6.61 Å². The fraction of sp³-hybridized carbons (Fsp3) is 0.294. The van der Waals surface area contributed by atoms with E-state index in [9.17, 15) is 4.39 Å². The Morgan fingerprint density at radius 3 is 2.86 bits per heavy atom. The Balaban J connectivity index is 1.90. The number of aryl methyl sites for hydroxylation is 1. The summed E-state index contributed by atoms with van der Waals surface area (Å²) >= 11 is 0. The Labute approximate surface area is 123 Å². The summed E-state index contributed by atoms with van der Waals surface area (Å²) in [5, 5.41) is 3.39. The zero-order valence-electron chi connectivity index (χ0n) is 12.2. The lowest BCUT2D eigenvalue weighted by Crippen LogP contribution is -2.20. The SMILES string of the molecule is COc1ccc2c(c1)C(Nc1cc(C)cc(F)c1)CCO2. The van der Waals surface area contributed by atoms with Gasteiger partial charge in [-0.2, -0.15) is 0 Å². The minimum absolute atomic E-state index is 0.0880. The van der Waals surface area contributed by atoms with Gasteiger partial charge in [-0.15, -0.1) is 0 Å². The zero-order valence-corrected chi connectivity index (χ0v) is 12.2. The lowest BCUT2D eigenvalue weighted by molar-refractivity contribution is 0.273. The maximum Gasteiger partial charge on any atom is 0.125 e. The molecule has 0 fully saturated rings. The topological polar surface area (TPSA) is 30.5 Å². The Morgan fingerprint density at radius 1 is 1.24 bits per heavy atom. The third-order valence-electron chi connectivity index (χ3n) is 3.64. The van der Waals surface area contributed by atoms with Crippen molar-refractivity contribution >= 4 is 5.69 Å². The van der Waals surface area contributed by atoms with E-state index in [1.165, 1.54) is 12.1 Å². The van der Waals surface area contributed by atoms with Gasteiger partial charge in [-0.1, -0.05) is 0 Å². The number of halogens is 1. The summed E-state index contributed by atoms with van der Waals surface area (Å²) in [4.78, 5) is 0. The average Bonchev–Trinajstić information content (AvgIpc) is 2.46. The van der Waals surface area contributed by atoms with E-state index in [2.05, 4.69) is 5.32 Å². The molecule has 1 aliphatic rings.